The van der Waals surface area contributed by atoms with Crippen LogP contribution in [0.1, 0.15) is 51.3 Å². The summed E-state index contributed by atoms with van der Waals surface area (Å²) in [7, 11) is 1.61. The predicted octanol–water partition coefficient (Wildman–Crippen LogP) is 5.81. The first-order chi connectivity index (χ1) is 17.3. The maximum absolute atomic E-state index is 13.7. The number of aromatic nitrogens is 3. The van der Waals surface area contributed by atoms with Gasteiger partial charge in [0.15, 0.2) is 11.5 Å². The van der Waals surface area contributed by atoms with Gasteiger partial charge in [0.05, 0.1) is 18.8 Å². The fourth-order valence-electron chi connectivity index (χ4n) is 4.10. The molecule has 0 saturated heterocycles. The van der Waals surface area contributed by atoms with Crippen LogP contribution in [0.2, 0.25) is 0 Å². The van der Waals surface area contributed by atoms with E-state index in [1.165, 1.54) is 0 Å². The molecule has 0 radical (unpaired) electrons. The Hall–Kier alpha value is -3.46. The Morgan fingerprint density at radius 3 is 2.67 bits per heavy atom. The molecule has 0 spiro atoms. The first-order valence-electron chi connectivity index (χ1n) is 12.1. The molecule has 0 fully saturated rings. The molecule has 1 unspecified atom stereocenters. The lowest BCUT2D eigenvalue weighted by Gasteiger charge is -2.29. The van der Waals surface area contributed by atoms with Gasteiger partial charge in [-0.1, -0.05) is 43.0 Å². The third-order valence-corrected chi connectivity index (χ3v) is 6.82. The van der Waals surface area contributed by atoms with Gasteiger partial charge in [0, 0.05) is 17.1 Å². The van der Waals surface area contributed by atoms with E-state index < -0.39 is 6.04 Å². The number of rotatable bonds is 9. The van der Waals surface area contributed by atoms with Crippen molar-refractivity contribution in [3.8, 4) is 11.5 Å². The van der Waals surface area contributed by atoms with Gasteiger partial charge in [-0.3, -0.25) is 4.79 Å². The number of methoxy groups -OCH3 is 1. The summed E-state index contributed by atoms with van der Waals surface area (Å²) in [5.74, 6) is 2.55. The summed E-state index contributed by atoms with van der Waals surface area (Å²) in [5, 5.41) is 11.8. The number of amides is 1. The van der Waals surface area contributed by atoms with Crippen LogP contribution in [-0.2, 0) is 4.79 Å². The Morgan fingerprint density at radius 2 is 1.97 bits per heavy atom. The Kier molecular flexibility index (Phi) is 7.88. The lowest BCUT2D eigenvalue weighted by Crippen LogP contribution is -2.31. The minimum absolute atomic E-state index is 0.00119. The number of thioether (sulfide) groups is 1. The van der Waals surface area contributed by atoms with Crippen molar-refractivity contribution < 1.29 is 14.3 Å². The maximum atomic E-state index is 13.7. The second kappa shape index (κ2) is 11.1. The van der Waals surface area contributed by atoms with Crippen LogP contribution < -0.4 is 20.1 Å². The topological polar surface area (TPSA) is 90.3 Å². The van der Waals surface area contributed by atoms with Crippen LogP contribution in [0.5, 0.6) is 11.5 Å². The second-order valence-corrected chi connectivity index (χ2v) is 9.99. The third-order valence-electron chi connectivity index (χ3n) is 5.77. The summed E-state index contributed by atoms with van der Waals surface area (Å²) >= 11 is 1.60. The van der Waals surface area contributed by atoms with E-state index in [1.807, 2.05) is 70.2 Å². The van der Waals surface area contributed by atoms with Crippen molar-refractivity contribution in [3.05, 3.63) is 64.9 Å². The largest absolute Gasteiger partial charge is 0.493 e. The van der Waals surface area contributed by atoms with Crippen LogP contribution in [-0.4, -0.2) is 39.6 Å². The summed E-state index contributed by atoms with van der Waals surface area (Å²) in [6.45, 7) is 9.93. The highest BCUT2D eigenvalue weighted by atomic mass is 32.2. The number of allylic oxidation sites excluding steroid dienone is 1. The van der Waals surface area contributed by atoms with E-state index >= 15 is 0 Å². The first-order valence-corrected chi connectivity index (χ1v) is 13.1. The number of ether oxygens (including phenoxy) is 2. The molecule has 1 aliphatic heterocycles. The molecular weight excluding hydrogens is 474 g/mol. The number of hydrogen-bond donors (Lipinski definition) is 2. The average molecular weight is 508 g/mol. The van der Waals surface area contributed by atoms with Gasteiger partial charge in [-0.15, -0.1) is 5.10 Å². The van der Waals surface area contributed by atoms with E-state index in [1.54, 1.807) is 23.6 Å². The molecule has 1 amide bonds. The van der Waals surface area contributed by atoms with Crippen molar-refractivity contribution in [2.24, 2.45) is 0 Å². The van der Waals surface area contributed by atoms with Gasteiger partial charge in [0.1, 0.15) is 6.04 Å². The Bertz CT molecular complexity index is 1280. The number of nitrogens with zero attached hydrogens (tertiary/aromatic N) is 3. The van der Waals surface area contributed by atoms with Gasteiger partial charge >= 0.3 is 0 Å². The number of carbonyl (C=O) groups excluding carboxylic acids is 1. The molecule has 0 bridgehead atoms. The van der Waals surface area contributed by atoms with Gasteiger partial charge < -0.3 is 20.1 Å². The standard InChI is InChI=1S/C27H33N5O3S/c1-7-14-36-27-30-26-28-18(5)23(25(33)29-20-11-9-8-10-17(20)4)24(32(26)31-27)19-12-13-21(35-16(2)3)22(15-19)34-6/h8-13,15-16,24H,7,14H2,1-6H3,(H,29,33)(H,28,30,31). The monoisotopic (exact) mass is 507 g/mol. The zero-order chi connectivity index (χ0) is 25.8. The van der Waals surface area contributed by atoms with Gasteiger partial charge in [0.2, 0.25) is 11.1 Å². The highest BCUT2D eigenvalue weighted by Gasteiger charge is 2.35. The van der Waals surface area contributed by atoms with E-state index in [4.69, 9.17) is 14.6 Å². The number of nitrogens with one attached hydrogen (secondary N) is 2. The summed E-state index contributed by atoms with van der Waals surface area (Å²) in [5.41, 5.74) is 3.88. The van der Waals surface area contributed by atoms with Gasteiger partial charge in [-0.2, -0.15) is 4.98 Å². The van der Waals surface area contributed by atoms with E-state index in [0.717, 1.165) is 34.7 Å². The van der Waals surface area contributed by atoms with Gasteiger partial charge in [-0.25, -0.2) is 4.68 Å². The molecule has 4 rings (SSSR count). The lowest BCUT2D eigenvalue weighted by molar-refractivity contribution is -0.113. The number of benzene rings is 2. The van der Waals surface area contributed by atoms with Crippen molar-refractivity contribution in [1.29, 1.82) is 0 Å². The molecule has 8 nitrogen and oxygen atoms in total. The molecule has 1 aliphatic rings. The minimum atomic E-state index is -0.504. The van der Waals surface area contributed by atoms with E-state index in [-0.39, 0.29) is 12.0 Å². The second-order valence-electron chi connectivity index (χ2n) is 8.92. The number of para-hydroxylation sites is 1. The fourth-order valence-corrected chi connectivity index (χ4v) is 4.78. The summed E-state index contributed by atoms with van der Waals surface area (Å²) in [6, 6.07) is 13.0. The summed E-state index contributed by atoms with van der Waals surface area (Å²) < 4.78 is 13.4. The van der Waals surface area contributed by atoms with E-state index in [2.05, 4.69) is 22.5 Å². The van der Waals surface area contributed by atoms with Crippen molar-refractivity contribution >= 4 is 29.3 Å². The molecule has 3 aromatic rings. The third kappa shape index (κ3) is 5.36. The van der Waals surface area contributed by atoms with Crippen LogP contribution in [0.4, 0.5) is 11.6 Å². The van der Waals surface area contributed by atoms with Crippen LogP contribution in [0, 0.1) is 6.92 Å². The Morgan fingerprint density at radius 1 is 1.19 bits per heavy atom. The molecule has 190 valence electrons. The zero-order valence-corrected chi connectivity index (χ0v) is 22.4. The van der Waals surface area contributed by atoms with Crippen LogP contribution in [0.3, 0.4) is 0 Å². The highest BCUT2D eigenvalue weighted by molar-refractivity contribution is 7.99. The van der Waals surface area contributed by atoms with Crippen LogP contribution >= 0.6 is 11.8 Å². The van der Waals surface area contributed by atoms with Crippen molar-refractivity contribution in [2.75, 3.05) is 23.5 Å². The number of hydrogen-bond acceptors (Lipinski definition) is 7. The fraction of sp³-hybridized carbons (Fsp3) is 0.370. The van der Waals surface area contributed by atoms with Crippen LogP contribution in [0.25, 0.3) is 0 Å². The average Bonchev–Trinajstić information content (AvgIpc) is 3.25. The molecule has 2 heterocycles. The number of anilines is 2. The summed E-state index contributed by atoms with van der Waals surface area (Å²) in [4.78, 5) is 18.4. The zero-order valence-electron chi connectivity index (χ0n) is 21.6. The molecule has 2 aromatic carbocycles. The smallest absolute Gasteiger partial charge is 0.255 e. The Labute approximate surface area is 216 Å². The van der Waals surface area contributed by atoms with E-state index in [0.29, 0.717) is 28.2 Å². The molecule has 2 N–H and O–H groups in total. The SMILES string of the molecule is CCCSc1nc2n(n1)C(c1ccc(OC(C)C)c(OC)c1)C(C(=O)Nc1ccccc1C)=C(C)N2. The van der Waals surface area contributed by atoms with Crippen molar-refractivity contribution in [2.45, 2.75) is 58.3 Å². The molecular formula is C27H33N5O3S. The van der Waals surface area contributed by atoms with Crippen LogP contribution in [0.15, 0.2) is 58.9 Å². The predicted molar refractivity (Wildman–Crippen MR) is 144 cm³/mol. The maximum Gasteiger partial charge on any atom is 0.255 e. The molecule has 1 aromatic heterocycles. The molecule has 0 aliphatic carbocycles. The minimum Gasteiger partial charge on any atom is -0.493 e. The molecule has 36 heavy (non-hydrogen) atoms. The molecule has 0 saturated carbocycles. The van der Waals surface area contributed by atoms with E-state index in [9.17, 15) is 4.79 Å². The first kappa shape index (κ1) is 25.6. The summed E-state index contributed by atoms with van der Waals surface area (Å²) in [6.07, 6.45) is 1.02. The number of carbonyl (C=O) groups is 1. The normalized spacial score (nSPS) is 14.9. The van der Waals surface area contributed by atoms with Gasteiger partial charge in [-0.05, 0) is 63.4 Å². The highest BCUT2D eigenvalue weighted by Crippen LogP contribution is 2.40. The Balaban J connectivity index is 1.80. The molecule has 9 heteroatoms. The number of fused-ring (bicyclic) bond motifs is 1. The quantitative estimate of drug-likeness (QED) is 0.353. The van der Waals surface area contributed by atoms with Crippen molar-refractivity contribution in [3.63, 3.8) is 0 Å². The van der Waals surface area contributed by atoms with Gasteiger partial charge in [0.25, 0.3) is 5.91 Å². The van der Waals surface area contributed by atoms with Crippen molar-refractivity contribution in [1.82, 2.24) is 14.8 Å². The lowest BCUT2D eigenvalue weighted by atomic mass is 9.94. The molecule has 1 atom stereocenters. The number of aryl methyl sites for hydroxylation is 1.